The third kappa shape index (κ3) is 3.49. The number of halogens is 2. The minimum atomic E-state index is -0.184. The van der Waals surface area contributed by atoms with E-state index in [9.17, 15) is 4.79 Å². The zero-order valence-corrected chi connectivity index (χ0v) is 15.0. The number of rotatable bonds is 4. The van der Waals surface area contributed by atoms with Crippen molar-refractivity contribution in [2.75, 3.05) is 25.5 Å². The summed E-state index contributed by atoms with van der Waals surface area (Å²) in [6.07, 6.45) is 1.91. The number of carbonyl (C=O) groups is 1. The van der Waals surface area contributed by atoms with E-state index in [0.717, 1.165) is 18.4 Å². The Kier molecular flexibility index (Phi) is 4.96. The fourth-order valence-electron chi connectivity index (χ4n) is 2.81. The lowest BCUT2D eigenvalue weighted by atomic mass is 10.1. The van der Waals surface area contributed by atoms with Gasteiger partial charge < -0.3 is 14.3 Å². The van der Waals surface area contributed by atoms with Gasteiger partial charge in [-0.1, -0.05) is 23.2 Å². The molecular formula is C16H18Cl2N4O2. The number of benzene rings is 1. The van der Waals surface area contributed by atoms with Gasteiger partial charge in [-0.15, -0.1) is 0 Å². The van der Waals surface area contributed by atoms with E-state index in [1.807, 2.05) is 14.1 Å². The Morgan fingerprint density at radius 1 is 1.42 bits per heavy atom. The van der Waals surface area contributed by atoms with Gasteiger partial charge in [0, 0.05) is 30.7 Å². The third-order valence-corrected chi connectivity index (χ3v) is 4.64. The first-order chi connectivity index (χ1) is 11.5. The lowest BCUT2D eigenvalue weighted by Gasteiger charge is -2.22. The van der Waals surface area contributed by atoms with Crippen molar-refractivity contribution >= 4 is 35.1 Å². The number of hydrogen-bond acceptors (Lipinski definition) is 5. The molecule has 0 radical (unpaired) electrons. The van der Waals surface area contributed by atoms with Crippen LogP contribution in [0.5, 0.6) is 0 Å². The van der Waals surface area contributed by atoms with Crippen molar-refractivity contribution in [3.63, 3.8) is 0 Å². The van der Waals surface area contributed by atoms with Gasteiger partial charge in [0.15, 0.2) is 0 Å². The number of anilines is 1. The number of aromatic nitrogens is 2. The van der Waals surface area contributed by atoms with E-state index in [1.165, 1.54) is 0 Å². The molecule has 0 N–H and O–H groups in total. The molecule has 1 aromatic heterocycles. The van der Waals surface area contributed by atoms with E-state index in [4.69, 9.17) is 27.7 Å². The number of likely N-dealkylation sites (tertiary alicyclic amines) is 1. The number of carbonyl (C=O) groups excluding carboxylic acids is 1. The smallest absolute Gasteiger partial charge is 0.265 e. The van der Waals surface area contributed by atoms with Crippen LogP contribution in [-0.4, -0.2) is 41.6 Å². The summed E-state index contributed by atoms with van der Waals surface area (Å²) in [5.74, 6) is 0.954. The molecule has 1 fully saturated rings. The molecule has 0 saturated carbocycles. The van der Waals surface area contributed by atoms with Crippen LogP contribution in [0.15, 0.2) is 22.7 Å². The summed E-state index contributed by atoms with van der Waals surface area (Å²) in [7, 11) is 3.68. The van der Waals surface area contributed by atoms with Crippen molar-refractivity contribution < 1.29 is 9.32 Å². The van der Waals surface area contributed by atoms with Crippen LogP contribution in [0.3, 0.4) is 0 Å². The van der Waals surface area contributed by atoms with Crippen molar-refractivity contribution in [2.45, 2.75) is 25.3 Å². The molecule has 0 spiro atoms. The van der Waals surface area contributed by atoms with Crippen LogP contribution in [0.4, 0.5) is 5.95 Å². The fourth-order valence-corrected chi connectivity index (χ4v) is 3.19. The average Bonchev–Trinajstić information content (AvgIpc) is 3.18. The lowest BCUT2D eigenvalue weighted by molar-refractivity contribution is -0.131. The van der Waals surface area contributed by atoms with Crippen LogP contribution >= 0.6 is 23.2 Å². The highest BCUT2D eigenvalue weighted by Crippen LogP contribution is 2.32. The summed E-state index contributed by atoms with van der Waals surface area (Å²) >= 11 is 12.2. The van der Waals surface area contributed by atoms with E-state index in [1.54, 1.807) is 28.0 Å². The highest BCUT2D eigenvalue weighted by Gasteiger charge is 2.34. The van der Waals surface area contributed by atoms with Gasteiger partial charge in [-0.05, 0) is 41.8 Å². The van der Waals surface area contributed by atoms with Crippen molar-refractivity contribution in [1.82, 2.24) is 15.0 Å². The molecule has 24 heavy (non-hydrogen) atoms. The largest absolute Gasteiger partial charge is 0.344 e. The topological polar surface area (TPSA) is 62.5 Å². The predicted octanol–water partition coefficient (Wildman–Crippen LogP) is 3.35. The average molecular weight is 369 g/mol. The van der Waals surface area contributed by atoms with E-state index in [2.05, 4.69) is 10.1 Å². The molecule has 6 nitrogen and oxygen atoms in total. The molecule has 3 rings (SSSR count). The van der Waals surface area contributed by atoms with Gasteiger partial charge in [-0.25, -0.2) is 0 Å². The molecular weight excluding hydrogens is 351 g/mol. The zero-order chi connectivity index (χ0) is 17.3. The first kappa shape index (κ1) is 17.0. The Bertz CT molecular complexity index is 747. The Morgan fingerprint density at radius 3 is 2.92 bits per heavy atom. The van der Waals surface area contributed by atoms with Crippen LogP contribution in [0.1, 0.15) is 30.3 Å². The van der Waals surface area contributed by atoms with Crippen LogP contribution < -0.4 is 4.90 Å². The zero-order valence-electron chi connectivity index (χ0n) is 13.5. The van der Waals surface area contributed by atoms with Gasteiger partial charge in [0.25, 0.3) is 11.8 Å². The van der Waals surface area contributed by atoms with Gasteiger partial charge >= 0.3 is 0 Å². The second-order valence-corrected chi connectivity index (χ2v) is 6.83. The summed E-state index contributed by atoms with van der Waals surface area (Å²) in [6, 6.07) is 4.95. The predicted molar refractivity (Wildman–Crippen MR) is 92.5 cm³/mol. The summed E-state index contributed by atoms with van der Waals surface area (Å²) in [4.78, 5) is 20.6. The lowest BCUT2D eigenvalue weighted by Crippen LogP contribution is -2.32. The number of nitrogens with zero attached hydrogens (tertiary/aromatic N) is 4. The molecule has 1 aliphatic rings. The highest BCUT2D eigenvalue weighted by molar-refractivity contribution is 6.33. The summed E-state index contributed by atoms with van der Waals surface area (Å²) < 4.78 is 5.34. The maximum atomic E-state index is 12.7. The van der Waals surface area contributed by atoms with Gasteiger partial charge in [0.2, 0.25) is 5.91 Å². The highest BCUT2D eigenvalue weighted by atomic mass is 35.5. The molecule has 0 aliphatic carbocycles. The Morgan fingerprint density at radius 2 is 2.21 bits per heavy atom. The number of amides is 1. The molecule has 2 heterocycles. The van der Waals surface area contributed by atoms with E-state index in [0.29, 0.717) is 28.4 Å². The van der Waals surface area contributed by atoms with Crippen LogP contribution in [0.2, 0.25) is 10.0 Å². The molecule has 1 amide bonds. The van der Waals surface area contributed by atoms with Crippen molar-refractivity contribution in [2.24, 2.45) is 0 Å². The van der Waals surface area contributed by atoms with E-state index >= 15 is 0 Å². The SMILES string of the molecule is CN(C)c1noc(C2CCCN2C(=O)Cc2cc(Cl)ccc2Cl)n1. The van der Waals surface area contributed by atoms with Crippen LogP contribution in [0, 0.1) is 0 Å². The molecule has 1 aromatic carbocycles. The maximum absolute atomic E-state index is 12.7. The minimum absolute atomic E-state index is 0.0220. The minimum Gasteiger partial charge on any atom is -0.344 e. The summed E-state index contributed by atoms with van der Waals surface area (Å²) in [5.41, 5.74) is 0.722. The monoisotopic (exact) mass is 368 g/mol. The fraction of sp³-hybridized carbons (Fsp3) is 0.438. The first-order valence-electron chi connectivity index (χ1n) is 7.70. The third-order valence-electron chi connectivity index (χ3n) is 4.04. The second-order valence-electron chi connectivity index (χ2n) is 5.98. The summed E-state index contributed by atoms with van der Waals surface area (Å²) in [6.45, 7) is 0.668. The van der Waals surface area contributed by atoms with Gasteiger partial charge in [-0.3, -0.25) is 4.79 Å². The molecule has 1 saturated heterocycles. The summed E-state index contributed by atoms with van der Waals surface area (Å²) in [5, 5.41) is 5.03. The van der Waals surface area contributed by atoms with Crippen molar-refractivity contribution in [3.05, 3.63) is 39.7 Å². The van der Waals surface area contributed by atoms with Gasteiger partial charge in [0.05, 0.1) is 6.42 Å². The second kappa shape index (κ2) is 6.99. The van der Waals surface area contributed by atoms with Crippen molar-refractivity contribution in [3.8, 4) is 0 Å². The van der Waals surface area contributed by atoms with Crippen LogP contribution in [-0.2, 0) is 11.2 Å². The molecule has 0 bridgehead atoms. The molecule has 1 aliphatic heterocycles. The Balaban J connectivity index is 1.77. The molecule has 1 unspecified atom stereocenters. The Labute approximate surface area is 150 Å². The molecule has 8 heteroatoms. The van der Waals surface area contributed by atoms with E-state index in [-0.39, 0.29) is 18.4 Å². The molecule has 2 aromatic rings. The molecule has 1 atom stereocenters. The number of hydrogen-bond donors (Lipinski definition) is 0. The Hall–Kier alpha value is -1.79. The van der Waals surface area contributed by atoms with E-state index < -0.39 is 0 Å². The maximum Gasteiger partial charge on any atom is 0.265 e. The first-order valence-corrected chi connectivity index (χ1v) is 8.45. The van der Waals surface area contributed by atoms with Crippen molar-refractivity contribution in [1.29, 1.82) is 0 Å². The quantitative estimate of drug-likeness (QED) is 0.827. The normalized spacial score (nSPS) is 17.3. The molecule has 128 valence electrons. The standard InChI is InChI=1S/C16H18Cl2N4O2/c1-21(2)16-19-15(24-20-16)13-4-3-7-22(13)14(23)9-10-8-11(17)5-6-12(10)18/h5-6,8,13H,3-4,7,9H2,1-2H3. The van der Waals surface area contributed by atoms with Crippen LogP contribution in [0.25, 0.3) is 0 Å². The van der Waals surface area contributed by atoms with Gasteiger partial charge in [-0.2, -0.15) is 4.98 Å². The van der Waals surface area contributed by atoms with Gasteiger partial charge in [0.1, 0.15) is 6.04 Å².